The second-order valence-electron chi connectivity index (χ2n) is 4.17. The molecule has 19 heavy (non-hydrogen) atoms. The summed E-state index contributed by atoms with van der Waals surface area (Å²) in [6, 6.07) is 3.52. The summed E-state index contributed by atoms with van der Waals surface area (Å²) in [6.07, 6.45) is 4.66. The number of aliphatic carboxylic acids is 1. The lowest BCUT2D eigenvalue weighted by atomic mass is 10.1. The van der Waals surface area contributed by atoms with Crippen molar-refractivity contribution in [3.8, 4) is 0 Å². The Hall–Kier alpha value is -1.95. The quantitative estimate of drug-likeness (QED) is 0.914. The van der Waals surface area contributed by atoms with Crippen LogP contribution in [0.5, 0.6) is 0 Å². The smallest absolute Gasteiger partial charge is 0.333 e. The number of thioether (sulfide) groups is 1. The molecule has 0 saturated carbocycles. The number of carbonyl (C=O) groups excluding carboxylic acids is 1. The molecule has 1 aromatic heterocycles. The van der Waals surface area contributed by atoms with Crippen molar-refractivity contribution in [3.05, 3.63) is 41.9 Å². The Kier molecular flexibility index (Phi) is 3.80. The van der Waals surface area contributed by atoms with Gasteiger partial charge in [-0.1, -0.05) is 0 Å². The average molecular weight is 279 g/mol. The first kappa shape index (κ1) is 13.5. The molecule has 1 N–H and O–H groups in total. The first-order chi connectivity index (χ1) is 9.00. The van der Waals surface area contributed by atoms with E-state index in [9.17, 15) is 9.59 Å². The number of furan rings is 1. The Balaban J connectivity index is 2.35. The third-order valence-electron chi connectivity index (χ3n) is 2.62. The molecule has 0 aliphatic carbocycles. The zero-order valence-corrected chi connectivity index (χ0v) is 11.3. The van der Waals surface area contributed by atoms with Crippen molar-refractivity contribution in [2.24, 2.45) is 0 Å². The summed E-state index contributed by atoms with van der Waals surface area (Å²) in [5.41, 5.74) is 0.0824. The molecule has 1 atom stereocenters. The summed E-state index contributed by atoms with van der Waals surface area (Å²) in [7, 11) is 3.21. The van der Waals surface area contributed by atoms with Crippen LogP contribution in [0.4, 0.5) is 0 Å². The highest BCUT2D eigenvalue weighted by molar-refractivity contribution is 8.09. The minimum Gasteiger partial charge on any atom is -0.478 e. The first-order valence-corrected chi connectivity index (χ1v) is 6.45. The molecule has 0 saturated heterocycles. The average Bonchev–Trinajstić information content (AvgIpc) is 2.90. The number of nitrogens with zero attached hydrogens (tertiary/aromatic N) is 1. The number of hydrogen-bond donors (Lipinski definition) is 1. The standard InChI is InChI=1S/C13H13NO4S/c1-14(2)12(15)11-8(13(16)17)5-6-10(19-11)9-4-3-7-18-9/h3-7,11H,1-2H3,(H,16,17). The van der Waals surface area contributed by atoms with E-state index < -0.39 is 11.2 Å². The highest BCUT2D eigenvalue weighted by atomic mass is 32.2. The fraction of sp³-hybridized carbons (Fsp3) is 0.231. The van der Waals surface area contributed by atoms with Gasteiger partial charge < -0.3 is 14.4 Å². The van der Waals surface area contributed by atoms with E-state index in [-0.39, 0.29) is 11.5 Å². The van der Waals surface area contributed by atoms with E-state index in [2.05, 4.69) is 0 Å². The Morgan fingerprint density at radius 1 is 1.37 bits per heavy atom. The lowest BCUT2D eigenvalue weighted by Crippen LogP contribution is -2.35. The van der Waals surface area contributed by atoms with Gasteiger partial charge in [-0.2, -0.15) is 0 Å². The van der Waals surface area contributed by atoms with Crippen molar-refractivity contribution < 1.29 is 19.1 Å². The molecule has 1 aliphatic rings. The predicted molar refractivity (Wildman–Crippen MR) is 72.5 cm³/mol. The molecule has 1 amide bonds. The maximum Gasteiger partial charge on any atom is 0.333 e. The van der Waals surface area contributed by atoms with Gasteiger partial charge in [-0.05, 0) is 24.3 Å². The topological polar surface area (TPSA) is 70.8 Å². The van der Waals surface area contributed by atoms with Crippen LogP contribution in [0, 0.1) is 0 Å². The number of carboxylic acids is 1. The number of carboxylic acid groups (broad SMARTS) is 1. The van der Waals surface area contributed by atoms with Gasteiger partial charge in [-0.25, -0.2) is 4.79 Å². The molecule has 2 rings (SSSR count). The molecule has 5 nitrogen and oxygen atoms in total. The van der Waals surface area contributed by atoms with E-state index in [0.717, 1.165) is 4.91 Å². The summed E-state index contributed by atoms with van der Waals surface area (Å²) in [5.74, 6) is -0.708. The molecule has 2 heterocycles. The summed E-state index contributed by atoms with van der Waals surface area (Å²) >= 11 is 1.19. The summed E-state index contributed by atoms with van der Waals surface area (Å²) in [6.45, 7) is 0. The summed E-state index contributed by atoms with van der Waals surface area (Å²) in [5, 5.41) is 8.40. The highest BCUT2D eigenvalue weighted by Gasteiger charge is 2.33. The molecule has 1 aliphatic heterocycles. The van der Waals surface area contributed by atoms with Crippen LogP contribution >= 0.6 is 11.8 Å². The Labute approximate surface area is 114 Å². The molecule has 0 bridgehead atoms. The zero-order valence-electron chi connectivity index (χ0n) is 10.5. The zero-order chi connectivity index (χ0) is 14.0. The monoisotopic (exact) mass is 279 g/mol. The van der Waals surface area contributed by atoms with Crippen LogP contribution in [0.25, 0.3) is 4.91 Å². The summed E-state index contributed by atoms with van der Waals surface area (Å²) in [4.78, 5) is 25.4. The van der Waals surface area contributed by atoms with Crippen LogP contribution < -0.4 is 0 Å². The molecule has 0 fully saturated rings. The number of allylic oxidation sites excluding steroid dienone is 2. The number of hydrogen-bond acceptors (Lipinski definition) is 4. The molecule has 1 unspecified atom stereocenters. The molecule has 0 spiro atoms. The van der Waals surface area contributed by atoms with Crippen molar-refractivity contribution in [3.63, 3.8) is 0 Å². The van der Waals surface area contributed by atoms with Gasteiger partial charge >= 0.3 is 5.97 Å². The van der Waals surface area contributed by atoms with Gasteiger partial charge in [0.15, 0.2) is 0 Å². The van der Waals surface area contributed by atoms with Gasteiger partial charge in [0, 0.05) is 14.1 Å². The van der Waals surface area contributed by atoms with Crippen molar-refractivity contribution in [1.29, 1.82) is 0 Å². The maximum absolute atomic E-state index is 12.1. The van der Waals surface area contributed by atoms with E-state index >= 15 is 0 Å². The largest absolute Gasteiger partial charge is 0.478 e. The van der Waals surface area contributed by atoms with E-state index in [1.54, 1.807) is 32.3 Å². The number of carbonyl (C=O) groups is 2. The molecule has 0 radical (unpaired) electrons. The van der Waals surface area contributed by atoms with Gasteiger partial charge in [0.1, 0.15) is 11.0 Å². The van der Waals surface area contributed by atoms with Crippen molar-refractivity contribution in [1.82, 2.24) is 4.90 Å². The molecule has 1 aromatic rings. The third-order valence-corrected chi connectivity index (χ3v) is 3.90. The fourth-order valence-corrected chi connectivity index (χ4v) is 2.89. The Morgan fingerprint density at radius 3 is 2.63 bits per heavy atom. The van der Waals surface area contributed by atoms with Crippen molar-refractivity contribution >= 4 is 28.5 Å². The van der Waals surface area contributed by atoms with Crippen molar-refractivity contribution in [2.75, 3.05) is 14.1 Å². The number of amides is 1. The lowest BCUT2D eigenvalue weighted by Gasteiger charge is -2.23. The SMILES string of the molecule is CN(C)C(=O)C1SC(c2ccco2)=CC=C1C(=O)O. The molecular formula is C13H13NO4S. The highest BCUT2D eigenvalue weighted by Crippen LogP contribution is 2.38. The first-order valence-electron chi connectivity index (χ1n) is 5.57. The van der Waals surface area contributed by atoms with E-state index in [4.69, 9.17) is 9.52 Å². The fourth-order valence-electron chi connectivity index (χ4n) is 1.64. The molecule has 6 heteroatoms. The Morgan fingerprint density at radius 2 is 2.11 bits per heavy atom. The maximum atomic E-state index is 12.1. The van der Waals surface area contributed by atoms with Crippen LogP contribution in [0.1, 0.15) is 5.76 Å². The van der Waals surface area contributed by atoms with Gasteiger partial charge in [-0.15, -0.1) is 11.8 Å². The van der Waals surface area contributed by atoms with Gasteiger partial charge in [0.05, 0.1) is 16.7 Å². The third kappa shape index (κ3) is 2.73. The lowest BCUT2D eigenvalue weighted by molar-refractivity contribution is -0.135. The van der Waals surface area contributed by atoms with Gasteiger partial charge in [-0.3, -0.25) is 4.79 Å². The van der Waals surface area contributed by atoms with E-state index in [1.165, 1.54) is 29.0 Å². The molecular weight excluding hydrogens is 266 g/mol. The van der Waals surface area contributed by atoms with Crippen LogP contribution in [0.15, 0.2) is 40.5 Å². The van der Waals surface area contributed by atoms with Crippen LogP contribution in [-0.4, -0.2) is 41.2 Å². The second-order valence-corrected chi connectivity index (χ2v) is 5.31. The Bertz CT molecular complexity index is 557. The molecule has 100 valence electrons. The van der Waals surface area contributed by atoms with E-state index in [1.807, 2.05) is 0 Å². The van der Waals surface area contributed by atoms with Crippen LogP contribution in [-0.2, 0) is 9.59 Å². The number of rotatable bonds is 3. The summed E-state index contributed by atoms with van der Waals surface area (Å²) < 4.78 is 5.27. The molecule has 0 aromatic carbocycles. The normalized spacial score (nSPS) is 18.5. The predicted octanol–water partition coefficient (Wildman–Crippen LogP) is 1.84. The second kappa shape index (κ2) is 5.36. The van der Waals surface area contributed by atoms with Gasteiger partial charge in [0.2, 0.25) is 5.91 Å². The minimum atomic E-state index is -1.08. The van der Waals surface area contributed by atoms with Crippen LogP contribution in [0.3, 0.4) is 0 Å². The van der Waals surface area contributed by atoms with Crippen LogP contribution in [0.2, 0.25) is 0 Å². The van der Waals surface area contributed by atoms with Gasteiger partial charge in [0.25, 0.3) is 0 Å². The minimum absolute atomic E-state index is 0.0824. The van der Waals surface area contributed by atoms with E-state index in [0.29, 0.717) is 5.76 Å². The van der Waals surface area contributed by atoms with Crippen molar-refractivity contribution in [2.45, 2.75) is 5.25 Å².